The van der Waals surface area contributed by atoms with Crippen LogP contribution in [0.2, 0.25) is 0 Å². The maximum Gasteiger partial charge on any atom is 0.387 e. The number of halogens is 4. The molecule has 0 saturated carbocycles. The summed E-state index contributed by atoms with van der Waals surface area (Å²) >= 11 is 0. The zero-order valence-electron chi connectivity index (χ0n) is 12.4. The fraction of sp³-hybridized carbons (Fsp3) is 0.0588. The molecule has 4 nitrogen and oxygen atoms in total. The summed E-state index contributed by atoms with van der Waals surface area (Å²) in [7, 11) is 0. The van der Waals surface area contributed by atoms with Gasteiger partial charge in [-0.25, -0.2) is 18.6 Å². The molecule has 2 aromatic rings. The van der Waals surface area contributed by atoms with E-state index in [1.165, 1.54) is 24.3 Å². The Kier molecular flexibility index (Phi) is 4.51. The van der Waals surface area contributed by atoms with Crippen molar-refractivity contribution < 1.29 is 31.8 Å². The fourth-order valence-corrected chi connectivity index (χ4v) is 2.13. The minimum absolute atomic E-state index is 0.0409. The van der Waals surface area contributed by atoms with Gasteiger partial charge in [-0.1, -0.05) is 12.1 Å². The molecule has 0 saturated heterocycles. The Labute approximate surface area is 139 Å². The maximum absolute atomic E-state index is 13.7. The summed E-state index contributed by atoms with van der Waals surface area (Å²) < 4.78 is 60.8. The van der Waals surface area contributed by atoms with Crippen LogP contribution in [0.5, 0.6) is 5.75 Å². The second kappa shape index (κ2) is 6.76. The Morgan fingerprint density at radius 3 is 2.60 bits per heavy atom. The van der Waals surface area contributed by atoms with Crippen LogP contribution in [0.3, 0.4) is 0 Å². The van der Waals surface area contributed by atoms with E-state index in [4.69, 9.17) is 4.74 Å². The number of hydrogen-bond donors (Lipinski definition) is 0. The number of hydrogen-bond acceptors (Lipinski definition) is 4. The minimum atomic E-state index is -3.07. The smallest absolute Gasteiger partial charge is 0.387 e. The normalized spacial score (nSPS) is 15.5. The summed E-state index contributed by atoms with van der Waals surface area (Å²) in [4.78, 5) is 15.8. The first-order chi connectivity index (χ1) is 11.9. The van der Waals surface area contributed by atoms with Gasteiger partial charge in [-0.2, -0.15) is 8.78 Å². The third kappa shape index (κ3) is 3.68. The van der Waals surface area contributed by atoms with E-state index in [9.17, 15) is 22.4 Å². The number of carbonyl (C=O) groups is 1. The van der Waals surface area contributed by atoms with Gasteiger partial charge in [0, 0.05) is 11.6 Å². The molecule has 0 bridgehead atoms. The van der Waals surface area contributed by atoms with Gasteiger partial charge < -0.3 is 9.47 Å². The second-order valence-electron chi connectivity index (χ2n) is 4.88. The summed E-state index contributed by atoms with van der Waals surface area (Å²) in [6.07, 6.45) is 1.07. The highest BCUT2D eigenvalue weighted by atomic mass is 19.3. The quantitative estimate of drug-likeness (QED) is 0.477. The van der Waals surface area contributed by atoms with Gasteiger partial charge in [-0.05, 0) is 30.3 Å². The third-order valence-electron chi connectivity index (χ3n) is 3.21. The Bertz CT molecular complexity index is 893. The summed E-state index contributed by atoms with van der Waals surface area (Å²) in [5.41, 5.74) is -0.290. The highest BCUT2D eigenvalue weighted by molar-refractivity contribution is 6.13. The van der Waals surface area contributed by atoms with Crippen molar-refractivity contribution in [2.45, 2.75) is 6.61 Å². The van der Waals surface area contributed by atoms with E-state index in [-0.39, 0.29) is 28.5 Å². The predicted molar refractivity (Wildman–Crippen MR) is 80.0 cm³/mol. The van der Waals surface area contributed by atoms with Gasteiger partial charge in [0.1, 0.15) is 17.4 Å². The Morgan fingerprint density at radius 1 is 1.12 bits per heavy atom. The van der Waals surface area contributed by atoms with Crippen LogP contribution in [0.15, 0.2) is 53.2 Å². The van der Waals surface area contributed by atoms with Crippen LogP contribution in [0.4, 0.5) is 17.6 Å². The molecule has 0 N–H and O–H groups in total. The second-order valence-corrected chi connectivity index (χ2v) is 4.88. The third-order valence-corrected chi connectivity index (χ3v) is 3.21. The van der Waals surface area contributed by atoms with Crippen molar-refractivity contribution in [3.8, 4) is 5.75 Å². The number of ether oxygens (including phenoxy) is 2. The van der Waals surface area contributed by atoms with Crippen LogP contribution in [0.25, 0.3) is 6.08 Å². The molecule has 0 unspecified atom stereocenters. The van der Waals surface area contributed by atoms with Gasteiger partial charge in [0.05, 0.1) is 5.56 Å². The number of nitrogens with zero attached hydrogens (tertiary/aromatic N) is 1. The Balaban J connectivity index is 1.97. The van der Waals surface area contributed by atoms with Crippen LogP contribution in [0.1, 0.15) is 11.1 Å². The summed E-state index contributed by atoms with van der Waals surface area (Å²) in [5, 5.41) is 0. The molecule has 2 aromatic carbocycles. The molecule has 3 rings (SSSR count). The van der Waals surface area contributed by atoms with E-state index in [0.29, 0.717) is 6.07 Å². The number of para-hydroxylation sites is 1. The predicted octanol–water partition coefficient (Wildman–Crippen LogP) is 3.91. The highest BCUT2D eigenvalue weighted by Gasteiger charge is 2.27. The van der Waals surface area contributed by atoms with Crippen molar-refractivity contribution in [3.05, 3.63) is 70.9 Å². The SMILES string of the molecule is O=C1OC(c2ccccc2OC(F)F)=N/C1=C\c1ccc(F)cc1F. The van der Waals surface area contributed by atoms with Crippen LogP contribution >= 0.6 is 0 Å². The van der Waals surface area contributed by atoms with E-state index in [0.717, 1.165) is 18.2 Å². The van der Waals surface area contributed by atoms with Crippen molar-refractivity contribution in [1.82, 2.24) is 0 Å². The Morgan fingerprint density at radius 2 is 1.88 bits per heavy atom. The van der Waals surface area contributed by atoms with Gasteiger partial charge in [0.2, 0.25) is 5.90 Å². The fourth-order valence-electron chi connectivity index (χ4n) is 2.13. The van der Waals surface area contributed by atoms with Gasteiger partial charge in [0.15, 0.2) is 5.70 Å². The zero-order chi connectivity index (χ0) is 18.0. The molecule has 0 aromatic heterocycles. The lowest BCUT2D eigenvalue weighted by molar-refractivity contribution is -0.129. The van der Waals surface area contributed by atoms with Crippen molar-refractivity contribution in [2.75, 3.05) is 0 Å². The molecular formula is C17H9F4NO3. The molecule has 0 atom stereocenters. The molecule has 0 aliphatic carbocycles. The number of cyclic esters (lactones) is 1. The van der Waals surface area contributed by atoms with Gasteiger partial charge in [0.25, 0.3) is 0 Å². The lowest BCUT2D eigenvalue weighted by Gasteiger charge is -2.08. The first-order valence-corrected chi connectivity index (χ1v) is 6.96. The molecular weight excluding hydrogens is 342 g/mol. The summed E-state index contributed by atoms with van der Waals surface area (Å²) in [6, 6.07) is 8.43. The molecule has 25 heavy (non-hydrogen) atoms. The molecule has 0 spiro atoms. The molecule has 0 radical (unpaired) electrons. The standard InChI is InChI=1S/C17H9F4NO3/c18-10-6-5-9(12(19)8-10)7-13-16(23)25-15(22-13)11-3-1-2-4-14(11)24-17(20)21/h1-8,17H/b13-7-. The highest BCUT2D eigenvalue weighted by Crippen LogP contribution is 2.26. The van der Waals surface area contributed by atoms with E-state index in [1.807, 2.05) is 0 Å². The van der Waals surface area contributed by atoms with Crippen molar-refractivity contribution in [3.63, 3.8) is 0 Å². The van der Waals surface area contributed by atoms with Crippen LogP contribution in [0, 0.1) is 11.6 Å². The minimum Gasteiger partial charge on any atom is -0.434 e. The lowest BCUT2D eigenvalue weighted by Crippen LogP contribution is -2.10. The van der Waals surface area contributed by atoms with E-state index in [1.54, 1.807) is 0 Å². The average molecular weight is 351 g/mol. The van der Waals surface area contributed by atoms with Gasteiger partial charge >= 0.3 is 12.6 Å². The number of esters is 1. The summed E-state index contributed by atoms with van der Waals surface area (Å²) in [5.74, 6) is -3.03. The average Bonchev–Trinajstić information content (AvgIpc) is 2.91. The van der Waals surface area contributed by atoms with Crippen molar-refractivity contribution >= 4 is 17.9 Å². The van der Waals surface area contributed by atoms with E-state index < -0.39 is 24.2 Å². The molecule has 8 heteroatoms. The van der Waals surface area contributed by atoms with Gasteiger partial charge in [-0.15, -0.1) is 0 Å². The number of alkyl halides is 2. The molecule has 128 valence electrons. The maximum atomic E-state index is 13.7. The first-order valence-electron chi connectivity index (χ1n) is 6.96. The largest absolute Gasteiger partial charge is 0.434 e. The molecule has 0 amide bonds. The van der Waals surface area contributed by atoms with Crippen LogP contribution < -0.4 is 4.74 Å². The number of carbonyl (C=O) groups excluding carboxylic acids is 1. The molecule has 0 fully saturated rings. The van der Waals surface area contributed by atoms with E-state index in [2.05, 4.69) is 9.73 Å². The van der Waals surface area contributed by atoms with Crippen LogP contribution in [-0.4, -0.2) is 18.5 Å². The first kappa shape index (κ1) is 16.7. The monoisotopic (exact) mass is 351 g/mol. The molecule has 1 aliphatic heterocycles. The molecule has 1 aliphatic rings. The Hall–Kier alpha value is -3.16. The van der Waals surface area contributed by atoms with Crippen LogP contribution in [-0.2, 0) is 9.53 Å². The van der Waals surface area contributed by atoms with Gasteiger partial charge in [-0.3, -0.25) is 0 Å². The summed E-state index contributed by atoms with van der Waals surface area (Å²) in [6.45, 7) is -3.07. The number of benzene rings is 2. The lowest BCUT2D eigenvalue weighted by atomic mass is 10.1. The number of aliphatic imine (C=N–C) groups is 1. The molecule has 1 heterocycles. The zero-order valence-corrected chi connectivity index (χ0v) is 12.4. The number of rotatable bonds is 4. The van der Waals surface area contributed by atoms with E-state index >= 15 is 0 Å². The topological polar surface area (TPSA) is 47.9 Å². The van der Waals surface area contributed by atoms with Crippen molar-refractivity contribution in [1.29, 1.82) is 0 Å². The van der Waals surface area contributed by atoms with Crippen molar-refractivity contribution in [2.24, 2.45) is 4.99 Å².